The largest absolute Gasteiger partial charge is 0.313 e. The van der Waals surface area contributed by atoms with E-state index in [9.17, 15) is 0 Å². The van der Waals surface area contributed by atoms with Crippen molar-refractivity contribution in [1.82, 2.24) is 5.32 Å². The molecule has 1 aliphatic heterocycles. The summed E-state index contributed by atoms with van der Waals surface area (Å²) in [6, 6.07) is 0.719. The van der Waals surface area contributed by atoms with Gasteiger partial charge in [-0.25, -0.2) is 0 Å². The number of unbranched alkanes of at least 4 members (excludes halogenated alkanes) is 3. The van der Waals surface area contributed by atoms with Gasteiger partial charge in [-0.15, -0.1) is 6.58 Å². The molecule has 1 saturated heterocycles. The maximum atomic E-state index is 3.80. The molecule has 1 heterocycles. The zero-order valence-electron chi connectivity index (χ0n) is 12.7. The molecule has 0 aromatic carbocycles. The quantitative estimate of drug-likeness (QED) is 0.463. The fraction of sp³-hybridized carbons (Fsp3) is 0.875. The van der Waals surface area contributed by atoms with E-state index in [0.717, 1.165) is 23.1 Å². The van der Waals surface area contributed by atoms with Gasteiger partial charge in [0.2, 0.25) is 0 Å². The van der Waals surface area contributed by atoms with E-state index >= 15 is 0 Å². The molecule has 0 bridgehead atoms. The topological polar surface area (TPSA) is 12.0 Å². The summed E-state index contributed by atoms with van der Waals surface area (Å²) in [4.78, 5) is 0. The van der Waals surface area contributed by atoms with E-state index in [0.29, 0.717) is 0 Å². The Labute approximate surface area is 128 Å². The van der Waals surface area contributed by atoms with E-state index in [2.05, 4.69) is 49.3 Å². The van der Waals surface area contributed by atoms with Crippen molar-refractivity contribution in [2.24, 2.45) is 0 Å². The minimum atomic E-state index is 0.719. The third-order valence-corrected chi connectivity index (χ3v) is 7.19. The highest BCUT2D eigenvalue weighted by atomic mass is 32.2. The van der Waals surface area contributed by atoms with Gasteiger partial charge in [0.25, 0.3) is 0 Å². The van der Waals surface area contributed by atoms with E-state index < -0.39 is 0 Å². The molecular weight excluding hydrogens is 270 g/mol. The first-order valence-corrected chi connectivity index (χ1v) is 10.0. The molecule has 1 N–H and O–H groups in total. The van der Waals surface area contributed by atoms with Gasteiger partial charge < -0.3 is 5.32 Å². The molecule has 19 heavy (non-hydrogen) atoms. The van der Waals surface area contributed by atoms with Crippen LogP contribution >= 0.6 is 23.5 Å². The molecule has 1 fully saturated rings. The Balaban J connectivity index is 2.38. The first kappa shape index (κ1) is 17.5. The number of allylic oxidation sites excluding steroid dienone is 1. The highest BCUT2D eigenvalue weighted by Gasteiger charge is 2.31. The van der Waals surface area contributed by atoms with Crippen LogP contribution in [0.25, 0.3) is 0 Å². The predicted molar refractivity (Wildman–Crippen MR) is 93.5 cm³/mol. The highest BCUT2D eigenvalue weighted by Crippen LogP contribution is 2.36. The molecule has 0 aromatic heterocycles. The van der Waals surface area contributed by atoms with Crippen LogP contribution in [0.1, 0.15) is 52.4 Å². The molecule has 1 nitrogen and oxygen atoms in total. The smallest absolute Gasteiger partial charge is 0.0320 e. The summed E-state index contributed by atoms with van der Waals surface area (Å²) in [5, 5.41) is 5.43. The van der Waals surface area contributed by atoms with Gasteiger partial charge in [0.1, 0.15) is 0 Å². The Kier molecular flexibility index (Phi) is 10.2. The van der Waals surface area contributed by atoms with Crippen LogP contribution in [0.2, 0.25) is 0 Å². The Morgan fingerprint density at radius 3 is 2.68 bits per heavy atom. The van der Waals surface area contributed by atoms with Gasteiger partial charge in [0, 0.05) is 28.0 Å². The third-order valence-electron chi connectivity index (χ3n) is 3.78. The molecule has 3 atom stereocenters. The third kappa shape index (κ3) is 6.59. The summed E-state index contributed by atoms with van der Waals surface area (Å²) >= 11 is 4.41. The summed E-state index contributed by atoms with van der Waals surface area (Å²) in [5.74, 6) is 2.68. The Morgan fingerprint density at radius 2 is 2.00 bits per heavy atom. The number of rotatable bonds is 10. The van der Waals surface area contributed by atoms with Crippen LogP contribution in [0.4, 0.5) is 0 Å². The van der Waals surface area contributed by atoms with Crippen molar-refractivity contribution in [3.8, 4) is 0 Å². The molecule has 3 heteroatoms. The summed E-state index contributed by atoms with van der Waals surface area (Å²) in [7, 11) is 0. The molecular formula is C16H31NS2. The second kappa shape index (κ2) is 11.1. The fourth-order valence-corrected chi connectivity index (χ4v) is 6.09. The fourth-order valence-electron chi connectivity index (χ4n) is 2.79. The van der Waals surface area contributed by atoms with Crippen molar-refractivity contribution < 1.29 is 0 Å². The van der Waals surface area contributed by atoms with Crippen molar-refractivity contribution in [3.05, 3.63) is 12.7 Å². The first-order chi connectivity index (χ1) is 9.33. The van der Waals surface area contributed by atoms with Crippen LogP contribution < -0.4 is 5.32 Å². The molecule has 0 amide bonds. The van der Waals surface area contributed by atoms with Crippen molar-refractivity contribution in [1.29, 1.82) is 0 Å². The minimum Gasteiger partial charge on any atom is -0.313 e. The monoisotopic (exact) mass is 301 g/mol. The maximum absolute atomic E-state index is 3.80. The molecule has 0 aromatic rings. The number of nitrogens with one attached hydrogen (secondary N) is 1. The molecule has 0 radical (unpaired) electrons. The van der Waals surface area contributed by atoms with Crippen LogP contribution in [0.15, 0.2) is 12.7 Å². The van der Waals surface area contributed by atoms with Gasteiger partial charge >= 0.3 is 0 Å². The van der Waals surface area contributed by atoms with Gasteiger partial charge in [-0.3, -0.25) is 0 Å². The SMILES string of the molecule is C=CCCCCCC(NCC)C1SCCSC1CC. The number of hydrogen-bond acceptors (Lipinski definition) is 3. The van der Waals surface area contributed by atoms with Gasteiger partial charge in [-0.2, -0.15) is 23.5 Å². The zero-order chi connectivity index (χ0) is 13.9. The van der Waals surface area contributed by atoms with E-state index in [-0.39, 0.29) is 0 Å². The van der Waals surface area contributed by atoms with Crippen LogP contribution in [0, 0.1) is 0 Å². The molecule has 0 saturated carbocycles. The van der Waals surface area contributed by atoms with Crippen LogP contribution in [-0.2, 0) is 0 Å². The summed E-state index contributed by atoms with van der Waals surface area (Å²) in [5.41, 5.74) is 0. The van der Waals surface area contributed by atoms with Crippen LogP contribution in [0.3, 0.4) is 0 Å². The molecule has 0 spiro atoms. The lowest BCUT2D eigenvalue weighted by molar-refractivity contribution is 0.443. The molecule has 1 aliphatic rings. The lowest BCUT2D eigenvalue weighted by Crippen LogP contribution is -2.45. The molecule has 112 valence electrons. The van der Waals surface area contributed by atoms with E-state index in [1.54, 1.807) is 0 Å². The lowest BCUT2D eigenvalue weighted by Gasteiger charge is -2.36. The molecule has 0 aliphatic carbocycles. The summed E-state index contributed by atoms with van der Waals surface area (Å²) in [6.07, 6.45) is 9.92. The van der Waals surface area contributed by atoms with Crippen molar-refractivity contribution in [2.75, 3.05) is 18.1 Å². The normalized spacial score (nSPS) is 25.2. The summed E-state index contributed by atoms with van der Waals surface area (Å²) < 4.78 is 0. The minimum absolute atomic E-state index is 0.719. The summed E-state index contributed by atoms with van der Waals surface area (Å²) in [6.45, 7) is 9.50. The highest BCUT2D eigenvalue weighted by molar-refractivity contribution is 8.07. The Bertz CT molecular complexity index is 233. The second-order valence-corrected chi connectivity index (χ2v) is 7.88. The Hall–Kier alpha value is 0.400. The molecule has 3 unspecified atom stereocenters. The van der Waals surface area contributed by atoms with Crippen LogP contribution in [-0.4, -0.2) is 34.6 Å². The van der Waals surface area contributed by atoms with Crippen molar-refractivity contribution >= 4 is 23.5 Å². The average molecular weight is 302 g/mol. The van der Waals surface area contributed by atoms with E-state index in [1.165, 1.54) is 50.0 Å². The van der Waals surface area contributed by atoms with Crippen LogP contribution in [0.5, 0.6) is 0 Å². The maximum Gasteiger partial charge on any atom is 0.0320 e. The first-order valence-electron chi connectivity index (χ1n) is 7.90. The lowest BCUT2D eigenvalue weighted by atomic mass is 10.0. The van der Waals surface area contributed by atoms with Gasteiger partial charge in [-0.1, -0.05) is 32.8 Å². The van der Waals surface area contributed by atoms with E-state index in [4.69, 9.17) is 0 Å². The number of hydrogen-bond donors (Lipinski definition) is 1. The zero-order valence-corrected chi connectivity index (χ0v) is 14.3. The second-order valence-electron chi connectivity index (χ2n) is 5.24. The van der Waals surface area contributed by atoms with E-state index in [1.807, 2.05) is 6.08 Å². The van der Waals surface area contributed by atoms with Gasteiger partial charge in [0.05, 0.1) is 0 Å². The molecule has 1 rings (SSSR count). The number of thioether (sulfide) groups is 2. The van der Waals surface area contributed by atoms with Gasteiger partial charge in [-0.05, 0) is 32.2 Å². The predicted octanol–water partition coefficient (Wildman–Crippen LogP) is 4.73. The standard InChI is InChI=1S/C16H31NS2/c1-4-7-8-9-10-11-14(17-6-3)16-15(5-2)18-12-13-19-16/h4,14-17H,1,5-13H2,2-3H3. The van der Waals surface area contributed by atoms with Crippen molar-refractivity contribution in [3.63, 3.8) is 0 Å². The Morgan fingerprint density at radius 1 is 1.21 bits per heavy atom. The average Bonchev–Trinajstić information content (AvgIpc) is 2.46. The van der Waals surface area contributed by atoms with Gasteiger partial charge in [0.15, 0.2) is 0 Å². The van der Waals surface area contributed by atoms with Crippen molar-refractivity contribution in [2.45, 2.75) is 68.9 Å².